The van der Waals surface area contributed by atoms with Crippen LogP contribution >= 0.6 is 11.6 Å². The molecule has 3 atom stereocenters. The fourth-order valence-corrected chi connectivity index (χ4v) is 3.31. The second kappa shape index (κ2) is 5.39. The van der Waals surface area contributed by atoms with Crippen LogP contribution in [0.15, 0.2) is 0 Å². The van der Waals surface area contributed by atoms with E-state index >= 15 is 0 Å². The minimum atomic E-state index is -0.0122. The molecule has 2 aliphatic rings. The van der Waals surface area contributed by atoms with Crippen LogP contribution in [0.1, 0.15) is 39.0 Å². The molecule has 1 saturated heterocycles. The zero-order chi connectivity index (χ0) is 11.5. The van der Waals surface area contributed by atoms with Gasteiger partial charge in [0, 0.05) is 24.9 Å². The van der Waals surface area contributed by atoms with Gasteiger partial charge in [-0.25, -0.2) is 0 Å². The third kappa shape index (κ3) is 2.53. The summed E-state index contributed by atoms with van der Waals surface area (Å²) in [5.74, 6) is 2.36. The lowest BCUT2D eigenvalue weighted by Gasteiger charge is -2.42. The molecule has 1 saturated carbocycles. The highest BCUT2D eigenvalue weighted by Crippen LogP contribution is 2.36. The first-order valence-electron chi connectivity index (χ1n) is 6.57. The summed E-state index contributed by atoms with van der Waals surface area (Å²) in [5, 5.41) is 0. The van der Waals surface area contributed by atoms with Crippen molar-refractivity contribution in [1.82, 2.24) is 4.90 Å². The summed E-state index contributed by atoms with van der Waals surface area (Å²) < 4.78 is 0. The van der Waals surface area contributed by atoms with E-state index in [-0.39, 0.29) is 11.8 Å². The Hall–Kier alpha value is -0.240. The van der Waals surface area contributed by atoms with Gasteiger partial charge in [0.05, 0.1) is 0 Å². The number of likely N-dealkylation sites (tertiary alicyclic amines) is 1. The lowest BCUT2D eigenvalue weighted by molar-refractivity contribution is -0.137. The van der Waals surface area contributed by atoms with Crippen LogP contribution in [-0.2, 0) is 4.79 Å². The second-order valence-corrected chi connectivity index (χ2v) is 5.74. The van der Waals surface area contributed by atoms with Crippen molar-refractivity contribution >= 4 is 17.5 Å². The predicted molar refractivity (Wildman–Crippen MR) is 66.5 cm³/mol. The SMILES string of the molecule is CC(CCl)C(=O)N1CCC2CCCCC2C1. The number of carbonyl (C=O) groups is 1. The molecule has 2 rings (SSSR count). The molecular formula is C13H22ClNO. The van der Waals surface area contributed by atoms with Gasteiger partial charge in [0.15, 0.2) is 0 Å². The number of rotatable bonds is 2. The molecule has 16 heavy (non-hydrogen) atoms. The summed E-state index contributed by atoms with van der Waals surface area (Å²) >= 11 is 5.76. The molecule has 1 heterocycles. The van der Waals surface area contributed by atoms with Crippen LogP contribution in [0.2, 0.25) is 0 Å². The summed E-state index contributed by atoms with van der Waals surface area (Å²) in [5.41, 5.74) is 0. The van der Waals surface area contributed by atoms with Crippen molar-refractivity contribution in [1.29, 1.82) is 0 Å². The van der Waals surface area contributed by atoms with E-state index in [4.69, 9.17) is 11.6 Å². The molecule has 0 N–H and O–H groups in total. The average molecular weight is 244 g/mol. The molecule has 92 valence electrons. The van der Waals surface area contributed by atoms with Gasteiger partial charge in [-0.2, -0.15) is 0 Å². The van der Waals surface area contributed by atoms with Crippen molar-refractivity contribution in [3.63, 3.8) is 0 Å². The lowest BCUT2D eigenvalue weighted by Crippen LogP contribution is -2.46. The monoisotopic (exact) mass is 243 g/mol. The van der Waals surface area contributed by atoms with Crippen LogP contribution in [0.25, 0.3) is 0 Å². The van der Waals surface area contributed by atoms with Crippen LogP contribution in [0.5, 0.6) is 0 Å². The van der Waals surface area contributed by atoms with Crippen molar-refractivity contribution < 1.29 is 4.79 Å². The Morgan fingerprint density at radius 1 is 1.31 bits per heavy atom. The van der Waals surface area contributed by atoms with E-state index in [1.165, 1.54) is 32.1 Å². The van der Waals surface area contributed by atoms with Gasteiger partial charge in [-0.15, -0.1) is 11.6 Å². The zero-order valence-corrected chi connectivity index (χ0v) is 10.9. The molecule has 1 amide bonds. The molecule has 2 fully saturated rings. The number of hydrogen-bond donors (Lipinski definition) is 0. The number of carbonyl (C=O) groups excluding carboxylic acids is 1. The van der Waals surface area contributed by atoms with E-state index in [0.717, 1.165) is 24.9 Å². The number of piperidine rings is 1. The Balaban J connectivity index is 1.92. The van der Waals surface area contributed by atoms with E-state index in [1.807, 2.05) is 6.92 Å². The highest BCUT2D eigenvalue weighted by Gasteiger charge is 2.33. The minimum absolute atomic E-state index is 0.0122. The van der Waals surface area contributed by atoms with E-state index in [1.54, 1.807) is 0 Å². The fraction of sp³-hybridized carbons (Fsp3) is 0.923. The normalized spacial score (nSPS) is 32.0. The number of nitrogens with zero attached hydrogens (tertiary/aromatic N) is 1. The first kappa shape index (κ1) is 12.2. The maximum atomic E-state index is 12.0. The maximum Gasteiger partial charge on any atom is 0.226 e. The number of fused-ring (bicyclic) bond motifs is 1. The quantitative estimate of drug-likeness (QED) is 0.683. The van der Waals surface area contributed by atoms with Gasteiger partial charge in [-0.05, 0) is 24.7 Å². The standard InChI is InChI=1S/C13H22ClNO/c1-10(8-14)13(16)15-7-6-11-4-2-3-5-12(11)9-15/h10-12H,2-9H2,1H3. The molecule has 0 spiro atoms. The van der Waals surface area contributed by atoms with Crippen LogP contribution in [0, 0.1) is 17.8 Å². The van der Waals surface area contributed by atoms with Crippen LogP contribution in [0.4, 0.5) is 0 Å². The molecular weight excluding hydrogens is 222 g/mol. The third-order valence-electron chi connectivity index (χ3n) is 4.26. The molecule has 0 aromatic carbocycles. The molecule has 3 unspecified atom stereocenters. The van der Waals surface area contributed by atoms with E-state index < -0.39 is 0 Å². The molecule has 0 bridgehead atoms. The van der Waals surface area contributed by atoms with Gasteiger partial charge in [-0.3, -0.25) is 4.79 Å². The van der Waals surface area contributed by atoms with Crippen LogP contribution < -0.4 is 0 Å². The summed E-state index contributed by atoms with van der Waals surface area (Å²) in [6.45, 7) is 3.88. The Bertz CT molecular complexity index is 256. The van der Waals surface area contributed by atoms with Gasteiger partial charge in [0.2, 0.25) is 5.91 Å². The van der Waals surface area contributed by atoms with Crippen molar-refractivity contribution in [2.75, 3.05) is 19.0 Å². The van der Waals surface area contributed by atoms with Crippen molar-refractivity contribution in [3.8, 4) is 0 Å². The molecule has 0 aromatic rings. The molecule has 0 radical (unpaired) electrons. The van der Waals surface area contributed by atoms with Crippen LogP contribution in [0.3, 0.4) is 0 Å². The van der Waals surface area contributed by atoms with Gasteiger partial charge in [0.25, 0.3) is 0 Å². The maximum absolute atomic E-state index is 12.0. The number of hydrogen-bond acceptors (Lipinski definition) is 1. The van der Waals surface area contributed by atoms with Gasteiger partial charge in [-0.1, -0.05) is 26.2 Å². The Labute approximate surface area is 103 Å². The summed E-state index contributed by atoms with van der Waals surface area (Å²) in [7, 11) is 0. The summed E-state index contributed by atoms with van der Waals surface area (Å²) in [6.07, 6.45) is 6.67. The first-order chi connectivity index (χ1) is 7.72. The Morgan fingerprint density at radius 3 is 2.69 bits per heavy atom. The largest absolute Gasteiger partial charge is 0.342 e. The molecule has 3 heteroatoms. The average Bonchev–Trinajstić information content (AvgIpc) is 2.36. The second-order valence-electron chi connectivity index (χ2n) is 5.43. The number of halogens is 1. The lowest BCUT2D eigenvalue weighted by atomic mass is 9.75. The molecule has 1 aliphatic heterocycles. The van der Waals surface area contributed by atoms with Gasteiger partial charge >= 0.3 is 0 Å². The minimum Gasteiger partial charge on any atom is -0.342 e. The van der Waals surface area contributed by atoms with Crippen LogP contribution in [-0.4, -0.2) is 29.8 Å². The third-order valence-corrected chi connectivity index (χ3v) is 4.72. The predicted octanol–water partition coefficient (Wildman–Crippen LogP) is 2.90. The first-order valence-corrected chi connectivity index (χ1v) is 7.10. The number of alkyl halides is 1. The molecule has 0 aromatic heterocycles. The van der Waals surface area contributed by atoms with E-state index in [9.17, 15) is 4.79 Å². The van der Waals surface area contributed by atoms with Gasteiger partial charge < -0.3 is 4.90 Å². The highest BCUT2D eigenvalue weighted by molar-refractivity contribution is 6.19. The summed E-state index contributed by atoms with van der Waals surface area (Å²) in [4.78, 5) is 14.1. The Morgan fingerprint density at radius 2 is 2.00 bits per heavy atom. The Kier molecular flexibility index (Phi) is 4.12. The smallest absolute Gasteiger partial charge is 0.226 e. The van der Waals surface area contributed by atoms with Crippen molar-refractivity contribution in [2.24, 2.45) is 17.8 Å². The fourth-order valence-electron chi connectivity index (χ4n) is 3.18. The molecule has 1 aliphatic carbocycles. The highest BCUT2D eigenvalue weighted by atomic mass is 35.5. The topological polar surface area (TPSA) is 20.3 Å². The van der Waals surface area contributed by atoms with E-state index in [0.29, 0.717) is 5.88 Å². The zero-order valence-electron chi connectivity index (χ0n) is 10.1. The number of amides is 1. The molecule has 2 nitrogen and oxygen atoms in total. The van der Waals surface area contributed by atoms with Crippen molar-refractivity contribution in [3.05, 3.63) is 0 Å². The summed E-state index contributed by atoms with van der Waals surface area (Å²) in [6, 6.07) is 0. The van der Waals surface area contributed by atoms with Gasteiger partial charge in [0.1, 0.15) is 0 Å². The van der Waals surface area contributed by atoms with Crippen molar-refractivity contribution in [2.45, 2.75) is 39.0 Å². The van der Waals surface area contributed by atoms with E-state index in [2.05, 4.69) is 4.90 Å².